The number of aromatic hydroxyl groups is 4. The van der Waals surface area contributed by atoms with E-state index < -0.39 is 59.7 Å². The van der Waals surface area contributed by atoms with Gasteiger partial charge in [0, 0.05) is 18.6 Å². The van der Waals surface area contributed by atoms with Crippen molar-refractivity contribution in [3.8, 4) is 23.0 Å². The lowest BCUT2D eigenvalue weighted by Crippen LogP contribution is -2.49. The SMILES string of the molecule is CCC(O)C(OC(=O)/C=C/c1ccc(O)c(O)c1)C(CC(C)(O)C(=O)O)OC(=O)/C=C/c1ccc(O)c(O)c1. The molecule has 0 bridgehead atoms. The van der Waals surface area contributed by atoms with Gasteiger partial charge in [0.15, 0.2) is 34.7 Å². The van der Waals surface area contributed by atoms with Crippen LogP contribution in [-0.2, 0) is 23.9 Å². The minimum atomic E-state index is -2.44. The average molecular weight is 547 g/mol. The number of ether oxygens (including phenoxy) is 2. The number of rotatable bonds is 12. The van der Waals surface area contributed by atoms with Crippen LogP contribution in [0.3, 0.4) is 0 Å². The Labute approximate surface area is 223 Å². The van der Waals surface area contributed by atoms with Crippen LogP contribution in [0.5, 0.6) is 23.0 Å². The molecular weight excluding hydrogens is 516 g/mol. The summed E-state index contributed by atoms with van der Waals surface area (Å²) >= 11 is 0. The number of hydrogen-bond donors (Lipinski definition) is 7. The number of carboxylic acid groups (broad SMARTS) is 1. The molecule has 0 heterocycles. The van der Waals surface area contributed by atoms with E-state index in [0.717, 1.165) is 25.1 Å². The van der Waals surface area contributed by atoms with E-state index in [1.165, 1.54) is 49.4 Å². The molecule has 0 aliphatic heterocycles. The molecule has 0 saturated carbocycles. The standard InChI is InChI=1S/C27H30O12/c1-3-17(28)25(39-24(34)11-7-16-5-9-19(30)21(32)13-16)22(14-27(2,37)26(35)36)38-23(33)10-6-15-4-8-18(29)20(31)12-15/h4-13,17,22,25,28-32,37H,3,14H2,1-2H3,(H,35,36)/b10-6+,11-7+. The highest BCUT2D eigenvalue weighted by molar-refractivity contribution is 5.88. The second kappa shape index (κ2) is 13.3. The molecule has 0 radical (unpaired) electrons. The average Bonchev–Trinajstić information content (AvgIpc) is 2.87. The van der Waals surface area contributed by atoms with Gasteiger partial charge in [0.05, 0.1) is 6.10 Å². The van der Waals surface area contributed by atoms with Crippen LogP contribution >= 0.6 is 0 Å². The Bertz CT molecular complexity index is 1250. The van der Waals surface area contributed by atoms with Crippen LogP contribution in [-0.4, -0.2) is 77.6 Å². The van der Waals surface area contributed by atoms with Gasteiger partial charge in [-0.15, -0.1) is 0 Å². The molecule has 0 spiro atoms. The van der Waals surface area contributed by atoms with E-state index in [9.17, 15) is 50.1 Å². The zero-order chi connectivity index (χ0) is 29.3. The first-order valence-corrected chi connectivity index (χ1v) is 11.7. The Hall–Kier alpha value is -4.55. The van der Waals surface area contributed by atoms with E-state index in [4.69, 9.17) is 9.47 Å². The van der Waals surface area contributed by atoms with Crippen molar-refractivity contribution in [1.82, 2.24) is 0 Å². The zero-order valence-electron chi connectivity index (χ0n) is 21.1. The molecule has 0 amide bonds. The maximum Gasteiger partial charge on any atom is 0.335 e. The minimum absolute atomic E-state index is 0.000610. The van der Waals surface area contributed by atoms with Gasteiger partial charge in [-0.2, -0.15) is 0 Å². The van der Waals surface area contributed by atoms with Crippen molar-refractivity contribution < 1.29 is 59.6 Å². The largest absolute Gasteiger partial charge is 0.504 e. The molecule has 210 valence electrons. The summed E-state index contributed by atoms with van der Waals surface area (Å²) in [5.74, 6) is -5.33. The third-order valence-electron chi connectivity index (χ3n) is 5.57. The Morgan fingerprint density at radius 1 is 0.846 bits per heavy atom. The molecule has 0 fully saturated rings. The predicted octanol–water partition coefficient (Wildman–Crippen LogP) is 2.06. The predicted molar refractivity (Wildman–Crippen MR) is 137 cm³/mol. The summed E-state index contributed by atoms with van der Waals surface area (Å²) in [5.41, 5.74) is -1.81. The third kappa shape index (κ3) is 9.05. The summed E-state index contributed by atoms with van der Waals surface area (Å²) in [6.07, 6.45) is -1.09. The molecule has 0 aliphatic rings. The smallest absolute Gasteiger partial charge is 0.335 e. The van der Waals surface area contributed by atoms with Crippen molar-refractivity contribution in [3.05, 3.63) is 59.7 Å². The molecule has 0 aliphatic carbocycles. The lowest BCUT2D eigenvalue weighted by Gasteiger charge is -2.32. The van der Waals surface area contributed by atoms with E-state index in [-0.39, 0.29) is 17.9 Å². The van der Waals surface area contributed by atoms with Crippen molar-refractivity contribution in [2.75, 3.05) is 0 Å². The lowest BCUT2D eigenvalue weighted by atomic mass is 9.92. The molecular formula is C27H30O12. The zero-order valence-corrected chi connectivity index (χ0v) is 21.1. The number of phenolic OH excluding ortho intramolecular Hbond substituents is 4. The van der Waals surface area contributed by atoms with Gasteiger partial charge >= 0.3 is 17.9 Å². The van der Waals surface area contributed by atoms with Crippen LogP contribution in [0.25, 0.3) is 12.2 Å². The van der Waals surface area contributed by atoms with Gasteiger partial charge in [0.2, 0.25) is 0 Å². The summed E-state index contributed by atoms with van der Waals surface area (Å²) in [7, 11) is 0. The van der Waals surface area contributed by atoms with Gasteiger partial charge in [-0.05, 0) is 60.9 Å². The Morgan fingerprint density at radius 2 is 1.31 bits per heavy atom. The molecule has 39 heavy (non-hydrogen) atoms. The first kappa shape index (κ1) is 30.7. The monoisotopic (exact) mass is 546 g/mol. The number of esters is 2. The number of aliphatic hydroxyl groups excluding tert-OH is 1. The van der Waals surface area contributed by atoms with E-state index in [1.807, 2.05) is 0 Å². The fourth-order valence-corrected chi connectivity index (χ4v) is 3.32. The van der Waals surface area contributed by atoms with E-state index in [2.05, 4.69) is 0 Å². The molecule has 2 rings (SSSR count). The lowest BCUT2D eigenvalue weighted by molar-refractivity contribution is -0.182. The van der Waals surface area contributed by atoms with Crippen molar-refractivity contribution in [2.45, 2.75) is 50.6 Å². The molecule has 4 unspecified atom stereocenters. The molecule has 2 aromatic carbocycles. The molecule has 7 N–H and O–H groups in total. The van der Waals surface area contributed by atoms with E-state index in [0.29, 0.717) is 11.1 Å². The molecule has 0 saturated heterocycles. The van der Waals surface area contributed by atoms with Crippen molar-refractivity contribution in [1.29, 1.82) is 0 Å². The Balaban J connectivity index is 2.30. The maximum absolute atomic E-state index is 12.6. The number of aliphatic carboxylic acids is 1. The fraction of sp³-hybridized carbons (Fsp3) is 0.296. The summed E-state index contributed by atoms with van der Waals surface area (Å²) in [4.78, 5) is 36.7. The number of carboxylic acids is 1. The molecule has 12 heteroatoms. The van der Waals surface area contributed by atoms with Gasteiger partial charge < -0.3 is 45.2 Å². The minimum Gasteiger partial charge on any atom is -0.504 e. The van der Waals surface area contributed by atoms with Crippen molar-refractivity contribution >= 4 is 30.1 Å². The van der Waals surface area contributed by atoms with Crippen LogP contribution in [0.15, 0.2) is 48.6 Å². The van der Waals surface area contributed by atoms with Crippen molar-refractivity contribution in [2.24, 2.45) is 0 Å². The normalized spacial score (nSPS) is 15.4. The Kier molecular flexibility index (Phi) is 10.5. The second-order valence-corrected chi connectivity index (χ2v) is 8.80. The Morgan fingerprint density at radius 3 is 1.72 bits per heavy atom. The highest BCUT2D eigenvalue weighted by Crippen LogP contribution is 2.27. The van der Waals surface area contributed by atoms with Crippen LogP contribution in [0.2, 0.25) is 0 Å². The summed E-state index contributed by atoms with van der Waals surface area (Å²) in [6, 6.07) is 7.50. The van der Waals surface area contributed by atoms with Crippen LogP contribution in [0.4, 0.5) is 0 Å². The molecule has 12 nitrogen and oxygen atoms in total. The topological polar surface area (TPSA) is 211 Å². The van der Waals surface area contributed by atoms with Gasteiger partial charge in [-0.3, -0.25) is 0 Å². The number of phenols is 4. The third-order valence-corrected chi connectivity index (χ3v) is 5.57. The summed E-state index contributed by atoms with van der Waals surface area (Å²) in [5, 5.41) is 68.2. The van der Waals surface area contributed by atoms with Crippen LogP contribution in [0.1, 0.15) is 37.8 Å². The number of aliphatic hydroxyl groups is 2. The summed E-state index contributed by atoms with van der Waals surface area (Å²) in [6.45, 7) is 2.48. The van der Waals surface area contributed by atoms with Crippen LogP contribution in [0, 0.1) is 0 Å². The number of carbonyl (C=O) groups is 3. The van der Waals surface area contributed by atoms with E-state index in [1.54, 1.807) is 0 Å². The fourth-order valence-electron chi connectivity index (χ4n) is 3.32. The molecule has 0 aromatic heterocycles. The number of carbonyl (C=O) groups excluding carboxylic acids is 2. The van der Waals surface area contributed by atoms with Gasteiger partial charge in [-0.25, -0.2) is 14.4 Å². The second-order valence-electron chi connectivity index (χ2n) is 8.80. The highest BCUT2D eigenvalue weighted by Gasteiger charge is 2.41. The van der Waals surface area contributed by atoms with Gasteiger partial charge in [-0.1, -0.05) is 19.1 Å². The van der Waals surface area contributed by atoms with Crippen molar-refractivity contribution in [3.63, 3.8) is 0 Å². The summed E-state index contributed by atoms with van der Waals surface area (Å²) < 4.78 is 10.6. The number of hydrogen-bond acceptors (Lipinski definition) is 11. The first-order chi connectivity index (χ1) is 18.2. The molecule has 2 aromatic rings. The maximum atomic E-state index is 12.6. The van der Waals surface area contributed by atoms with E-state index >= 15 is 0 Å². The molecule has 4 atom stereocenters. The van der Waals surface area contributed by atoms with Gasteiger partial charge in [0.25, 0.3) is 0 Å². The first-order valence-electron chi connectivity index (χ1n) is 11.7. The highest BCUT2D eigenvalue weighted by atomic mass is 16.6. The number of benzene rings is 2. The quantitative estimate of drug-likeness (QED) is 0.116. The van der Waals surface area contributed by atoms with Gasteiger partial charge in [0.1, 0.15) is 6.10 Å². The van der Waals surface area contributed by atoms with Crippen LogP contribution < -0.4 is 0 Å².